The molecule has 0 atom stereocenters. The van der Waals surface area contributed by atoms with E-state index in [-0.39, 0.29) is 5.54 Å². The lowest BCUT2D eigenvalue weighted by Crippen LogP contribution is -2.23. The molecule has 0 amide bonds. The van der Waals surface area contributed by atoms with Crippen LogP contribution in [0.2, 0.25) is 5.15 Å². The first-order valence-electron chi connectivity index (χ1n) is 4.58. The SMILES string of the molecule is CC(C)c1cnn(C(C)(C)C)c1Cl. The van der Waals surface area contributed by atoms with Crippen LogP contribution in [-0.2, 0) is 5.54 Å². The third-order valence-electron chi connectivity index (χ3n) is 1.99. The van der Waals surface area contributed by atoms with Gasteiger partial charge < -0.3 is 0 Å². The highest BCUT2D eigenvalue weighted by molar-refractivity contribution is 6.30. The van der Waals surface area contributed by atoms with Crippen molar-refractivity contribution in [2.24, 2.45) is 0 Å². The first kappa shape index (κ1) is 10.6. The van der Waals surface area contributed by atoms with E-state index < -0.39 is 0 Å². The van der Waals surface area contributed by atoms with Gasteiger partial charge in [-0.15, -0.1) is 0 Å². The second-order valence-corrected chi connectivity index (χ2v) is 4.99. The fraction of sp³-hybridized carbons (Fsp3) is 0.700. The monoisotopic (exact) mass is 200 g/mol. The number of halogens is 1. The average molecular weight is 201 g/mol. The number of rotatable bonds is 1. The Kier molecular flexibility index (Phi) is 2.71. The van der Waals surface area contributed by atoms with E-state index in [2.05, 4.69) is 39.7 Å². The zero-order valence-electron chi connectivity index (χ0n) is 8.93. The van der Waals surface area contributed by atoms with E-state index in [4.69, 9.17) is 11.6 Å². The molecule has 74 valence electrons. The van der Waals surface area contributed by atoms with Crippen LogP contribution < -0.4 is 0 Å². The van der Waals surface area contributed by atoms with Crippen LogP contribution in [0, 0.1) is 0 Å². The van der Waals surface area contributed by atoms with Gasteiger partial charge in [-0.25, -0.2) is 4.68 Å². The highest BCUT2D eigenvalue weighted by atomic mass is 35.5. The van der Waals surface area contributed by atoms with Gasteiger partial charge in [0, 0.05) is 5.56 Å². The fourth-order valence-electron chi connectivity index (χ4n) is 1.20. The minimum absolute atomic E-state index is 0.0375. The quantitative estimate of drug-likeness (QED) is 0.680. The minimum atomic E-state index is -0.0375. The Hall–Kier alpha value is -0.500. The first-order chi connectivity index (χ1) is 5.84. The molecule has 1 rings (SSSR count). The van der Waals surface area contributed by atoms with E-state index in [1.807, 2.05) is 10.9 Å². The Bertz CT molecular complexity index is 294. The van der Waals surface area contributed by atoms with Crippen LogP contribution in [0.5, 0.6) is 0 Å². The summed E-state index contributed by atoms with van der Waals surface area (Å²) >= 11 is 6.20. The summed E-state index contributed by atoms with van der Waals surface area (Å²) in [5, 5.41) is 5.06. The van der Waals surface area contributed by atoms with Gasteiger partial charge in [0.2, 0.25) is 0 Å². The molecule has 0 bridgehead atoms. The van der Waals surface area contributed by atoms with Crippen LogP contribution in [0.1, 0.15) is 46.1 Å². The van der Waals surface area contributed by atoms with Gasteiger partial charge in [0.05, 0.1) is 11.7 Å². The van der Waals surface area contributed by atoms with Gasteiger partial charge in [0.25, 0.3) is 0 Å². The molecule has 0 radical (unpaired) electrons. The van der Waals surface area contributed by atoms with Crippen molar-refractivity contribution in [2.45, 2.75) is 46.1 Å². The molecule has 0 aromatic carbocycles. The van der Waals surface area contributed by atoms with E-state index >= 15 is 0 Å². The smallest absolute Gasteiger partial charge is 0.131 e. The predicted molar refractivity (Wildman–Crippen MR) is 56.3 cm³/mol. The summed E-state index contributed by atoms with van der Waals surface area (Å²) in [4.78, 5) is 0. The zero-order valence-corrected chi connectivity index (χ0v) is 9.68. The first-order valence-corrected chi connectivity index (χ1v) is 4.95. The van der Waals surface area contributed by atoms with Gasteiger partial charge in [0.15, 0.2) is 0 Å². The van der Waals surface area contributed by atoms with Gasteiger partial charge in [-0.3, -0.25) is 0 Å². The molecule has 1 heterocycles. The summed E-state index contributed by atoms with van der Waals surface area (Å²) in [5.41, 5.74) is 1.08. The maximum atomic E-state index is 6.20. The van der Waals surface area contributed by atoms with Crippen LogP contribution in [0.3, 0.4) is 0 Å². The van der Waals surface area contributed by atoms with Crippen molar-refractivity contribution in [3.05, 3.63) is 16.9 Å². The van der Waals surface area contributed by atoms with E-state index in [0.29, 0.717) is 5.92 Å². The van der Waals surface area contributed by atoms with E-state index in [1.165, 1.54) is 0 Å². The Morgan fingerprint density at radius 3 is 2.15 bits per heavy atom. The standard InChI is InChI=1S/C10H17ClN2/c1-7(2)8-6-12-13(9(8)11)10(3,4)5/h6-7H,1-5H3. The van der Waals surface area contributed by atoms with Crippen molar-refractivity contribution in [3.63, 3.8) is 0 Å². The molecular formula is C10H17ClN2. The normalized spacial score (nSPS) is 12.5. The highest BCUT2D eigenvalue weighted by Gasteiger charge is 2.20. The topological polar surface area (TPSA) is 17.8 Å². The molecule has 0 unspecified atom stereocenters. The van der Waals surface area contributed by atoms with E-state index in [0.717, 1.165) is 10.7 Å². The van der Waals surface area contributed by atoms with Gasteiger partial charge in [-0.2, -0.15) is 5.10 Å². The van der Waals surface area contributed by atoms with Crippen molar-refractivity contribution in [1.82, 2.24) is 9.78 Å². The van der Waals surface area contributed by atoms with Crippen molar-refractivity contribution >= 4 is 11.6 Å². The number of hydrogen-bond donors (Lipinski definition) is 0. The van der Waals surface area contributed by atoms with Crippen molar-refractivity contribution in [1.29, 1.82) is 0 Å². The molecule has 0 aliphatic heterocycles. The largest absolute Gasteiger partial charge is 0.248 e. The lowest BCUT2D eigenvalue weighted by atomic mass is 10.1. The summed E-state index contributed by atoms with van der Waals surface area (Å²) in [7, 11) is 0. The molecule has 0 saturated carbocycles. The Labute approximate surface area is 84.9 Å². The third-order valence-corrected chi connectivity index (χ3v) is 2.37. The minimum Gasteiger partial charge on any atom is -0.248 e. The molecule has 2 nitrogen and oxygen atoms in total. The summed E-state index contributed by atoms with van der Waals surface area (Å²) in [6.45, 7) is 10.5. The number of aromatic nitrogens is 2. The molecule has 0 aliphatic rings. The Morgan fingerprint density at radius 1 is 1.38 bits per heavy atom. The molecular weight excluding hydrogens is 184 g/mol. The van der Waals surface area contributed by atoms with Gasteiger partial charge in [0.1, 0.15) is 5.15 Å². The number of hydrogen-bond acceptors (Lipinski definition) is 1. The molecule has 0 aliphatic carbocycles. The summed E-state index contributed by atoms with van der Waals surface area (Å²) in [5.74, 6) is 0.434. The van der Waals surface area contributed by atoms with Gasteiger partial charge >= 0.3 is 0 Å². The average Bonchev–Trinajstić information content (AvgIpc) is 2.28. The highest BCUT2D eigenvalue weighted by Crippen LogP contribution is 2.27. The van der Waals surface area contributed by atoms with Crippen molar-refractivity contribution in [2.75, 3.05) is 0 Å². The van der Waals surface area contributed by atoms with Crippen LogP contribution in [0.15, 0.2) is 6.20 Å². The van der Waals surface area contributed by atoms with Gasteiger partial charge in [-0.1, -0.05) is 25.4 Å². The van der Waals surface area contributed by atoms with E-state index in [1.54, 1.807) is 0 Å². The van der Waals surface area contributed by atoms with Crippen LogP contribution >= 0.6 is 11.6 Å². The van der Waals surface area contributed by atoms with Crippen LogP contribution in [0.4, 0.5) is 0 Å². The predicted octanol–water partition coefficient (Wildman–Crippen LogP) is 3.41. The fourth-order valence-corrected chi connectivity index (χ4v) is 1.77. The Balaban J connectivity index is 3.14. The molecule has 0 spiro atoms. The van der Waals surface area contributed by atoms with Crippen LogP contribution in [-0.4, -0.2) is 9.78 Å². The third kappa shape index (κ3) is 2.05. The van der Waals surface area contributed by atoms with E-state index in [9.17, 15) is 0 Å². The molecule has 13 heavy (non-hydrogen) atoms. The molecule has 0 fully saturated rings. The van der Waals surface area contributed by atoms with Crippen molar-refractivity contribution < 1.29 is 0 Å². The molecule has 1 aromatic rings. The lowest BCUT2D eigenvalue weighted by Gasteiger charge is -2.20. The summed E-state index contributed by atoms with van der Waals surface area (Å²) in [6, 6.07) is 0. The van der Waals surface area contributed by atoms with Gasteiger partial charge in [-0.05, 0) is 26.7 Å². The molecule has 0 N–H and O–H groups in total. The second-order valence-electron chi connectivity index (χ2n) is 4.63. The van der Waals surface area contributed by atoms with Crippen LogP contribution in [0.25, 0.3) is 0 Å². The number of nitrogens with zero attached hydrogens (tertiary/aromatic N) is 2. The molecule has 3 heteroatoms. The molecule has 0 saturated heterocycles. The maximum absolute atomic E-state index is 6.20. The summed E-state index contributed by atoms with van der Waals surface area (Å²) < 4.78 is 1.86. The molecule has 1 aromatic heterocycles. The zero-order chi connectivity index (χ0) is 10.2. The Morgan fingerprint density at radius 2 is 1.92 bits per heavy atom. The maximum Gasteiger partial charge on any atom is 0.131 e. The lowest BCUT2D eigenvalue weighted by molar-refractivity contribution is 0.356. The van der Waals surface area contributed by atoms with Crippen molar-refractivity contribution in [3.8, 4) is 0 Å². The second kappa shape index (κ2) is 3.33. The summed E-state index contributed by atoms with van der Waals surface area (Å²) in [6.07, 6.45) is 1.86.